The van der Waals surface area contributed by atoms with Crippen molar-refractivity contribution in [3.8, 4) is 5.75 Å². The van der Waals surface area contributed by atoms with E-state index in [1.54, 1.807) is 31.4 Å². The van der Waals surface area contributed by atoms with E-state index in [0.717, 1.165) is 25.9 Å². The first-order chi connectivity index (χ1) is 9.18. The number of aromatic hydroxyl groups is 1. The Morgan fingerprint density at radius 2 is 2.11 bits per heavy atom. The minimum atomic E-state index is -0.512. The number of phenolic OH excluding ortho intramolecular Hbond substituents is 1. The fraction of sp³-hybridized carbons (Fsp3) is 0.500. The molecule has 0 aromatic heterocycles. The van der Waals surface area contributed by atoms with E-state index in [2.05, 4.69) is 10.6 Å². The number of hydrogen-bond donors (Lipinski definition) is 3. The minimum Gasteiger partial charge on any atom is -0.506 e. The Morgan fingerprint density at radius 3 is 2.74 bits per heavy atom. The summed E-state index contributed by atoms with van der Waals surface area (Å²) in [4.78, 5) is 12.5. The number of amides is 1. The average Bonchev–Trinajstić information content (AvgIpc) is 2.42. The zero-order valence-electron chi connectivity index (χ0n) is 11.1. The molecule has 19 heavy (non-hydrogen) atoms. The second kappa shape index (κ2) is 6.04. The molecular formula is C14H20N2O3. The summed E-state index contributed by atoms with van der Waals surface area (Å²) in [5.41, 5.74) is -0.0658. The molecular weight excluding hydrogens is 244 g/mol. The van der Waals surface area contributed by atoms with Gasteiger partial charge in [0.25, 0.3) is 0 Å². The van der Waals surface area contributed by atoms with Gasteiger partial charge in [-0.05, 0) is 38.1 Å². The first-order valence-corrected chi connectivity index (χ1v) is 6.47. The molecule has 0 atom stereocenters. The molecule has 1 aliphatic heterocycles. The highest BCUT2D eigenvalue weighted by Gasteiger charge is 2.39. The molecule has 0 unspecified atom stereocenters. The molecule has 0 saturated carbocycles. The van der Waals surface area contributed by atoms with Crippen LogP contribution in [0.1, 0.15) is 12.8 Å². The van der Waals surface area contributed by atoms with Gasteiger partial charge in [-0.1, -0.05) is 12.1 Å². The molecule has 0 aliphatic carbocycles. The smallest absolute Gasteiger partial charge is 0.233 e. The Bertz CT molecular complexity index is 437. The first kappa shape index (κ1) is 13.8. The minimum absolute atomic E-state index is 0.0809. The van der Waals surface area contributed by atoms with Gasteiger partial charge in [-0.3, -0.25) is 4.79 Å². The third-order valence-corrected chi connectivity index (χ3v) is 3.62. The van der Waals surface area contributed by atoms with E-state index in [4.69, 9.17) is 4.74 Å². The lowest BCUT2D eigenvalue weighted by Crippen LogP contribution is -2.47. The molecule has 1 amide bonds. The molecule has 0 bridgehead atoms. The van der Waals surface area contributed by atoms with Crippen molar-refractivity contribution in [3.05, 3.63) is 24.3 Å². The maximum Gasteiger partial charge on any atom is 0.233 e. The van der Waals surface area contributed by atoms with Crippen LogP contribution >= 0.6 is 0 Å². The molecule has 0 spiro atoms. The molecule has 1 aromatic rings. The summed E-state index contributed by atoms with van der Waals surface area (Å²) in [6, 6.07) is 6.75. The van der Waals surface area contributed by atoms with Crippen LogP contribution in [0.5, 0.6) is 5.75 Å². The predicted molar refractivity (Wildman–Crippen MR) is 73.1 cm³/mol. The number of anilines is 1. The number of rotatable bonds is 4. The normalized spacial score (nSPS) is 17.9. The summed E-state index contributed by atoms with van der Waals surface area (Å²) >= 11 is 0. The zero-order valence-corrected chi connectivity index (χ0v) is 11.1. The van der Waals surface area contributed by atoms with E-state index in [0.29, 0.717) is 12.3 Å². The van der Waals surface area contributed by atoms with E-state index >= 15 is 0 Å². The number of carbonyl (C=O) groups is 1. The second-order valence-electron chi connectivity index (χ2n) is 4.93. The SMILES string of the molecule is COCC1(C(=O)Nc2ccccc2O)CCNCC1. The van der Waals surface area contributed by atoms with Gasteiger partial charge in [0.15, 0.2) is 0 Å². The van der Waals surface area contributed by atoms with Crippen molar-refractivity contribution in [3.63, 3.8) is 0 Å². The fourth-order valence-corrected chi connectivity index (χ4v) is 2.45. The summed E-state index contributed by atoms with van der Waals surface area (Å²) in [5.74, 6) is -0.00491. The van der Waals surface area contributed by atoms with E-state index in [9.17, 15) is 9.90 Å². The van der Waals surface area contributed by atoms with Gasteiger partial charge in [-0.15, -0.1) is 0 Å². The number of nitrogens with one attached hydrogen (secondary N) is 2. The largest absolute Gasteiger partial charge is 0.506 e. The topological polar surface area (TPSA) is 70.6 Å². The highest BCUT2D eigenvalue weighted by atomic mass is 16.5. The van der Waals surface area contributed by atoms with Gasteiger partial charge in [0.2, 0.25) is 5.91 Å². The molecule has 1 aromatic carbocycles. The van der Waals surface area contributed by atoms with Gasteiger partial charge in [0.1, 0.15) is 5.75 Å². The highest BCUT2D eigenvalue weighted by molar-refractivity contribution is 5.96. The van der Waals surface area contributed by atoms with Gasteiger partial charge in [-0.2, -0.15) is 0 Å². The highest BCUT2D eigenvalue weighted by Crippen LogP contribution is 2.32. The summed E-state index contributed by atoms with van der Waals surface area (Å²) < 4.78 is 5.22. The lowest BCUT2D eigenvalue weighted by Gasteiger charge is -2.35. The van der Waals surface area contributed by atoms with E-state index in [1.165, 1.54) is 0 Å². The molecule has 0 radical (unpaired) electrons. The number of phenols is 1. The van der Waals surface area contributed by atoms with Crippen molar-refractivity contribution in [1.29, 1.82) is 0 Å². The van der Waals surface area contributed by atoms with Crippen LogP contribution in [0.15, 0.2) is 24.3 Å². The van der Waals surface area contributed by atoms with E-state index < -0.39 is 5.41 Å². The van der Waals surface area contributed by atoms with Crippen molar-refractivity contribution in [2.45, 2.75) is 12.8 Å². The molecule has 1 heterocycles. The van der Waals surface area contributed by atoms with Gasteiger partial charge in [0.05, 0.1) is 17.7 Å². The van der Waals surface area contributed by atoms with Crippen LogP contribution in [0, 0.1) is 5.41 Å². The number of ether oxygens (including phenoxy) is 1. The number of methoxy groups -OCH3 is 1. The van der Waals surface area contributed by atoms with Crippen LogP contribution in [-0.4, -0.2) is 37.8 Å². The number of benzene rings is 1. The van der Waals surface area contributed by atoms with Crippen molar-refractivity contribution in [2.75, 3.05) is 32.1 Å². The average molecular weight is 264 g/mol. The van der Waals surface area contributed by atoms with Crippen LogP contribution in [0.2, 0.25) is 0 Å². The molecule has 1 saturated heterocycles. The second-order valence-corrected chi connectivity index (χ2v) is 4.93. The Hall–Kier alpha value is -1.59. The molecule has 2 rings (SSSR count). The monoisotopic (exact) mass is 264 g/mol. The van der Waals surface area contributed by atoms with E-state index in [-0.39, 0.29) is 11.7 Å². The Kier molecular flexibility index (Phi) is 4.39. The van der Waals surface area contributed by atoms with Crippen LogP contribution in [0.3, 0.4) is 0 Å². The lowest BCUT2D eigenvalue weighted by atomic mass is 9.78. The Balaban J connectivity index is 2.14. The van der Waals surface area contributed by atoms with Crippen LogP contribution in [-0.2, 0) is 9.53 Å². The Morgan fingerprint density at radius 1 is 1.42 bits per heavy atom. The quantitative estimate of drug-likeness (QED) is 0.718. The maximum absolute atomic E-state index is 12.5. The first-order valence-electron chi connectivity index (χ1n) is 6.47. The third kappa shape index (κ3) is 3.05. The van der Waals surface area contributed by atoms with Crippen LogP contribution in [0.25, 0.3) is 0 Å². The predicted octanol–water partition coefficient (Wildman–Crippen LogP) is 1.35. The number of carbonyl (C=O) groups excluding carboxylic acids is 1. The van der Waals surface area contributed by atoms with Crippen LogP contribution in [0.4, 0.5) is 5.69 Å². The summed E-state index contributed by atoms with van der Waals surface area (Å²) in [7, 11) is 1.61. The molecule has 104 valence electrons. The van der Waals surface area contributed by atoms with Crippen molar-refractivity contribution < 1.29 is 14.6 Å². The molecule has 1 aliphatic rings. The van der Waals surface area contributed by atoms with Crippen molar-refractivity contribution in [1.82, 2.24) is 5.32 Å². The van der Waals surface area contributed by atoms with Gasteiger partial charge < -0.3 is 20.5 Å². The molecule has 5 heteroatoms. The number of para-hydroxylation sites is 2. The lowest BCUT2D eigenvalue weighted by molar-refractivity contribution is -0.130. The maximum atomic E-state index is 12.5. The zero-order chi connectivity index (χ0) is 13.7. The van der Waals surface area contributed by atoms with Crippen molar-refractivity contribution in [2.24, 2.45) is 5.41 Å². The molecule has 1 fully saturated rings. The van der Waals surface area contributed by atoms with Gasteiger partial charge >= 0.3 is 0 Å². The van der Waals surface area contributed by atoms with Crippen LogP contribution < -0.4 is 10.6 Å². The standard InChI is InChI=1S/C14H20N2O3/c1-19-10-14(6-8-15-9-7-14)13(18)16-11-4-2-3-5-12(11)17/h2-5,15,17H,6-10H2,1H3,(H,16,18). The Labute approximate surface area is 113 Å². The molecule has 3 N–H and O–H groups in total. The third-order valence-electron chi connectivity index (χ3n) is 3.62. The van der Waals surface area contributed by atoms with Gasteiger partial charge in [-0.25, -0.2) is 0 Å². The summed E-state index contributed by atoms with van der Waals surface area (Å²) in [6.07, 6.45) is 1.47. The van der Waals surface area contributed by atoms with E-state index in [1.807, 2.05) is 0 Å². The summed E-state index contributed by atoms with van der Waals surface area (Å²) in [5, 5.41) is 15.8. The summed E-state index contributed by atoms with van der Waals surface area (Å²) in [6.45, 7) is 2.00. The number of hydrogen-bond acceptors (Lipinski definition) is 4. The molecule has 5 nitrogen and oxygen atoms in total. The number of piperidine rings is 1. The van der Waals surface area contributed by atoms with Gasteiger partial charge in [0, 0.05) is 7.11 Å². The van der Waals surface area contributed by atoms with Crippen molar-refractivity contribution >= 4 is 11.6 Å². The fourth-order valence-electron chi connectivity index (χ4n) is 2.45.